The third-order valence-corrected chi connectivity index (χ3v) is 2.16. The molecular formula is C8H12Cl2N2O. The number of hydrogen-bond donors (Lipinski definition) is 1. The van der Waals surface area contributed by atoms with Crippen LogP contribution in [0.25, 0.3) is 0 Å². The Balaban J connectivity index is 0.000000720. The van der Waals surface area contributed by atoms with E-state index >= 15 is 0 Å². The number of aryl methyl sites for hydroxylation is 1. The summed E-state index contributed by atoms with van der Waals surface area (Å²) < 4.78 is 2.10. The van der Waals surface area contributed by atoms with Gasteiger partial charge in [-0.25, -0.2) is 0 Å². The molecular weight excluding hydrogens is 211 g/mol. The van der Waals surface area contributed by atoms with Gasteiger partial charge in [-0.05, 0) is 18.9 Å². The van der Waals surface area contributed by atoms with Gasteiger partial charge in [0.25, 0.3) is 5.91 Å². The second-order valence-corrected chi connectivity index (χ2v) is 2.84. The molecule has 2 heterocycles. The standard InChI is InChI=1S/C8H10N2O.2ClH/c9-8(11)6-3-5-10-4-1-2-7(6)10;;/h3,5H,1-2,4H2,(H2,9,11);2*1H. The molecule has 0 unspecified atom stereocenters. The van der Waals surface area contributed by atoms with Crippen LogP contribution in [-0.2, 0) is 13.0 Å². The van der Waals surface area contributed by atoms with Crippen molar-refractivity contribution in [2.45, 2.75) is 19.4 Å². The summed E-state index contributed by atoms with van der Waals surface area (Å²) >= 11 is 0. The van der Waals surface area contributed by atoms with Crippen molar-refractivity contribution in [3.8, 4) is 0 Å². The van der Waals surface area contributed by atoms with Gasteiger partial charge >= 0.3 is 0 Å². The van der Waals surface area contributed by atoms with Crippen molar-refractivity contribution in [3.63, 3.8) is 0 Å². The molecule has 1 aliphatic heterocycles. The van der Waals surface area contributed by atoms with Gasteiger partial charge in [0.1, 0.15) is 0 Å². The number of hydrogen-bond acceptors (Lipinski definition) is 1. The number of nitrogens with two attached hydrogens (primary N) is 1. The maximum absolute atomic E-state index is 10.8. The minimum absolute atomic E-state index is 0. The third-order valence-electron chi connectivity index (χ3n) is 2.16. The minimum atomic E-state index is -0.305. The largest absolute Gasteiger partial charge is 0.366 e. The van der Waals surface area contributed by atoms with Gasteiger partial charge in [-0.1, -0.05) is 0 Å². The minimum Gasteiger partial charge on any atom is -0.366 e. The number of amides is 1. The number of aromatic nitrogens is 1. The second kappa shape index (κ2) is 4.53. The van der Waals surface area contributed by atoms with Crippen LogP contribution in [0.2, 0.25) is 0 Å². The van der Waals surface area contributed by atoms with Crippen LogP contribution in [-0.4, -0.2) is 10.5 Å². The zero-order valence-corrected chi connectivity index (χ0v) is 8.66. The first kappa shape index (κ1) is 12.3. The summed E-state index contributed by atoms with van der Waals surface area (Å²) in [5, 5.41) is 0. The first-order valence-corrected chi connectivity index (χ1v) is 3.77. The molecule has 74 valence electrons. The van der Waals surface area contributed by atoms with Crippen molar-refractivity contribution >= 4 is 30.7 Å². The number of halogens is 2. The molecule has 1 aromatic heterocycles. The maximum atomic E-state index is 10.8. The molecule has 0 aromatic carbocycles. The fourth-order valence-electron chi connectivity index (χ4n) is 1.63. The Bertz CT molecular complexity index is 309. The van der Waals surface area contributed by atoms with Crippen LogP contribution < -0.4 is 5.73 Å². The van der Waals surface area contributed by atoms with Gasteiger partial charge in [-0.2, -0.15) is 0 Å². The fraction of sp³-hybridized carbons (Fsp3) is 0.375. The van der Waals surface area contributed by atoms with Crippen LogP contribution in [0.5, 0.6) is 0 Å². The molecule has 0 bridgehead atoms. The van der Waals surface area contributed by atoms with Gasteiger partial charge in [0.2, 0.25) is 0 Å². The molecule has 13 heavy (non-hydrogen) atoms. The summed E-state index contributed by atoms with van der Waals surface area (Å²) in [6, 6.07) is 1.80. The Morgan fingerprint density at radius 2 is 2.15 bits per heavy atom. The van der Waals surface area contributed by atoms with Crippen molar-refractivity contribution in [2.24, 2.45) is 5.73 Å². The zero-order chi connectivity index (χ0) is 7.84. The highest BCUT2D eigenvalue weighted by Gasteiger charge is 2.16. The third kappa shape index (κ3) is 1.98. The van der Waals surface area contributed by atoms with E-state index in [0.29, 0.717) is 5.56 Å². The highest BCUT2D eigenvalue weighted by molar-refractivity contribution is 5.94. The lowest BCUT2D eigenvalue weighted by Crippen LogP contribution is -2.12. The van der Waals surface area contributed by atoms with Gasteiger partial charge in [-0.15, -0.1) is 24.8 Å². The van der Waals surface area contributed by atoms with E-state index in [9.17, 15) is 4.79 Å². The Hall–Kier alpha value is -0.670. The monoisotopic (exact) mass is 222 g/mol. The molecule has 1 aromatic rings. The van der Waals surface area contributed by atoms with Gasteiger partial charge in [-0.3, -0.25) is 4.79 Å². The van der Waals surface area contributed by atoms with Crippen molar-refractivity contribution in [1.82, 2.24) is 4.57 Å². The van der Waals surface area contributed by atoms with Crippen LogP contribution >= 0.6 is 24.8 Å². The van der Waals surface area contributed by atoms with Crippen molar-refractivity contribution in [2.75, 3.05) is 0 Å². The lowest BCUT2D eigenvalue weighted by atomic mass is 10.2. The smallest absolute Gasteiger partial charge is 0.250 e. The van der Waals surface area contributed by atoms with E-state index in [-0.39, 0.29) is 30.7 Å². The number of rotatable bonds is 1. The molecule has 0 radical (unpaired) electrons. The number of primary amides is 1. The van der Waals surface area contributed by atoms with Crippen LogP contribution in [0, 0.1) is 0 Å². The maximum Gasteiger partial charge on any atom is 0.250 e. The predicted octanol–water partition coefficient (Wildman–Crippen LogP) is 1.38. The molecule has 5 heteroatoms. The molecule has 0 spiro atoms. The molecule has 0 atom stereocenters. The Morgan fingerprint density at radius 1 is 1.46 bits per heavy atom. The van der Waals surface area contributed by atoms with Crippen molar-refractivity contribution < 1.29 is 4.79 Å². The summed E-state index contributed by atoms with van der Waals surface area (Å²) in [5.74, 6) is -0.305. The summed E-state index contributed by atoms with van der Waals surface area (Å²) in [4.78, 5) is 10.8. The molecule has 1 amide bonds. The van der Waals surface area contributed by atoms with E-state index in [0.717, 1.165) is 25.1 Å². The predicted molar refractivity (Wildman–Crippen MR) is 55.8 cm³/mol. The molecule has 2 rings (SSSR count). The van der Waals surface area contributed by atoms with Gasteiger partial charge < -0.3 is 10.3 Å². The fourth-order valence-corrected chi connectivity index (χ4v) is 1.63. The van der Waals surface area contributed by atoms with Gasteiger partial charge in [0, 0.05) is 18.4 Å². The first-order valence-electron chi connectivity index (χ1n) is 3.77. The Labute approximate surface area is 89.1 Å². The van der Waals surface area contributed by atoms with Gasteiger partial charge in [0.05, 0.1) is 5.56 Å². The molecule has 3 nitrogen and oxygen atoms in total. The van der Waals surface area contributed by atoms with E-state index in [1.54, 1.807) is 6.07 Å². The van der Waals surface area contributed by atoms with Crippen LogP contribution in [0.3, 0.4) is 0 Å². The van der Waals surface area contributed by atoms with Crippen molar-refractivity contribution in [1.29, 1.82) is 0 Å². The van der Waals surface area contributed by atoms with E-state index in [4.69, 9.17) is 5.73 Å². The van der Waals surface area contributed by atoms with E-state index in [1.807, 2.05) is 6.20 Å². The summed E-state index contributed by atoms with van der Waals surface area (Å²) in [6.07, 6.45) is 4.06. The molecule has 1 aliphatic rings. The van der Waals surface area contributed by atoms with Crippen LogP contribution in [0.15, 0.2) is 12.3 Å². The molecule has 0 saturated carbocycles. The SMILES string of the molecule is Cl.Cl.NC(=O)c1ccn2c1CCC2. The summed E-state index contributed by atoms with van der Waals surface area (Å²) in [6.45, 7) is 1.03. The van der Waals surface area contributed by atoms with Crippen LogP contribution in [0.4, 0.5) is 0 Å². The average Bonchev–Trinajstić information content (AvgIpc) is 2.41. The zero-order valence-electron chi connectivity index (χ0n) is 7.03. The molecule has 0 aliphatic carbocycles. The molecule has 0 saturated heterocycles. The van der Waals surface area contributed by atoms with E-state index in [1.165, 1.54) is 0 Å². The summed E-state index contributed by atoms with van der Waals surface area (Å²) in [5.41, 5.74) is 6.98. The summed E-state index contributed by atoms with van der Waals surface area (Å²) in [7, 11) is 0. The molecule has 0 fully saturated rings. The van der Waals surface area contributed by atoms with E-state index in [2.05, 4.69) is 4.57 Å². The topological polar surface area (TPSA) is 48.0 Å². The second-order valence-electron chi connectivity index (χ2n) is 2.84. The quantitative estimate of drug-likeness (QED) is 0.768. The lowest BCUT2D eigenvalue weighted by molar-refractivity contribution is 0.0999. The van der Waals surface area contributed by atoms with Crippen molar-refractivity contribution in [3.05, 3.63) is 23.5 Å². The van der Waals surface area contributed by atoms with Gasteiger partial charge in [0.15, 0.2) is 0 Å². The van der Waals surface area contributed by atoms with Crippen LogP contribution in [0.1, 0.15) is 22.5 Å². The molecule has 2 N–H and O–H groups in total. The number of carbonyl (C=O) groups excluding carboxylic acids is 1. The Kier molecular flexibility index (Phi) is 4.30. The highest BCUT2D eigenvalue weighted by atomic mass is 35.5. The Morgan fingerprint density at radius 3 is 2.77 bits per heavy atom. The van der Waals surface area contributed by atoms with E-state index < -0.39 is 0 Å². The normalized spacial score (nSPS) is 12.6. The number of nitrogens with zero attached hydrogens (tertiary/aromatic N) is 1. The average molecular weight is 223 g/mol. The number of fused-ring (bicyclic) bond motifs is 1. The first-order chi connectivity index (χ1) is 5.29. The lowest BCUT2D eigenvalue weighted by Gasteiger charge is -1.95. The number of carbonyl (C=O) groups is 1. The highest BCUT2D eigenvalue weighted by Crippen LogP contribution is 2.19.